The maximum atomic E-state index is 5.61. The molecule has 0 aliphatic heterocycles. The van der Waals surface area contributed by atoms with Gasteiger partial charge in [-0.1, -0.05) is 23.8 Å². The van der Waals surface area contributed by atoms with Gasteiger partial charge in [-0.3, -0.25) is 4.99 Å². The van der Waals surface area contributed by atoms with Crippen molar-refractivity contribution >= 4 is 29.9 Å². The summed E-state index contributed by atoms with van der Waals surface area (Å²) in [6.45, 7) is 10.4. The Labute approximate surface area is 180 Å². The Balaban J connectivity index is 0.00000364. The van der Waals surface area contributed by atoms with Gasteiger partial charge in [0.15, 0.2) is 5.96 Å². The predicted octanol–water partition coefficient (Wildman–Crippen LogP) is 4.67. The van der Waals surface area contributed by atoms with Crippen LogP contribution in [0.5, 0.6) is 0 Å². The minimum atomic E-state index is 0. The van der Waals surface area contributed by atoms with E-state index in [1.807, 2.05) is 18.2 Å². The molecule has 0 aliphatic carbocycles. The minimum absolute atomic E-state index is 0. The van der Waals surface area contributed by atoms with Crippen LogP contribution in [0.3, 0.4) is 0 Å². The van der Waals surface area contributed by atoms with Gasteiger partial charge in [0.25, 0.3) is 0 Å². The monoisotopic (exact) mass is 482 g/mol. The number of hydrogen-bond acceptors (Lipinski definition) is 3. The number of unbranched alkanes of at least 4 members (excludes halogenated alkanes) is 1. The minimum Gasteiger partial charge on any atom is -0.444 e. The van der Waals surface area contributed by atoms with Crippen molar-refractivity contribution in [3.63, 3.8) is 0 Å². The van der Waals surface area contributed by atoms with Crippen molar-refractivity contribution < 1.29 is 4.42 Å². The maximum Gasteiger partial charge on any atom is 0.226 e. The van der Waals surface area contributed by atoms with Gasteiger partial charge in [0.2, 0.25) is 5.89 Å². The van der Waals surface area contributed by atoms with E-state index in [1.54, 1.807) is 6.26 Å². The first-order valence-corrected chi connectivity index (χ1v) is 9.25. The van der Waals surface area contributed by atoms with Crippen LogP contribution in [0, 0.1) is 6.92 Å². The molecule has 1 N–H and O–H groups in total. The summed E-state index contributed by atoms with van der Waals surface area (Å²) in [5, 5.41) is 3.34. The van der Waals surface area contributed by atoms with Crippen molar-refractivity contribution in [2.24, 2.45) is 4.99 Å². The van der Waals surface area contributed by atoms with E-state index in [9.17, 15) is 0 Å². The number of nitrogens with one attached hydrogen (secondary N) is 1. The first kappa shape index (κ1) is 23.2. The average molecular weight is 482 g/mol. The molecule has 1 heterocycles. The molecular formula is C21H31IN4O. The van der Waals surface area contributed by atoms with Crippen molar-refractivity contribution in [3.8, 4) is 11.5 Å². The number of hydrogen-bond donors (Lipinski definition) is 1. The molecule has 0 aliphatic rings. The molecule has 5 nitrogen and oxygen atoms in total. The van der Waals surface area contributed by atoms with E-state index in [2.05, 4.69) is 54.8 Å². The number of allylic oxidation sites excluding steroid dienone is 1. The van der Waals surface area contributed by atoms with E-state index in [4.69, 9.17) is 9.41 Å². The summed E-state index contributed by atoms with van der Waals surface area (Å²) in [4.78, 5) is 11.4. The molecule has 0 bridgehead atoms. The largest absolute Gasteiger partial charge is 0.444 e. The third kappa shape index (κ3) is 7.74. The van der Waals surface area contributed by atoms with Gasteiger partial charge >= 0.3 is 0 Å². The molecule has 0 amide bonds. The summed E-state index contributed by atoms with van der Waals surface area (Å²) in [7, 11) is 2.07. The topological polar surface area (TPSA) is 53.7 Å². The summed E-state index contributed by atoms with van der Waals surface area (Å²) >= 11 is 0. The van der Waals surface area contributed by atoms with Gasteiger partial charge in [-0.05, 0) is 38.8 Å². The number of aryl methyl sites for hydroxylation is 1. The second-order valence-corrected chi connectivity index (χ2v) is 6.35. The molecule has 0 saturated carbocycles. The van der Waals surface area contributed by atoms with Crippen LogP contribution in [0.2, 0.25) is 0 Å². The zero-order valence-corrected chi connectivity index (χ0v) is 18.9. The van der Waals surface area contributed by atoms with Crippen LogP contribution >= 0.6 is 24.0 Å². The molecule has 0 saturated heterocycles. The molecule has 0 unspecified atom stereocenters. The Kier molecular flexibility index (Phi) is 10.8. The third-order valence-corrected chi connectivity index (χ3v) is 4.08. The Hall–Kier alpha value is -1.83. The zero-order valence-electron chi connectivity index (χ0n) is 16.6. The predicted molar refractivity (Wildman–Crippen MR) is 124 cm³/mol. The summed E-state index contributed by atoms with van der Waals surface area (Å²) in [5.74, 6) is 1.59. The second-order valence-electron chi connectivity index (χ2n) is 6.35. The fourth-order valence-corrected chi connectivity index (χ4v) is 2.58. The molecule has 148 valence electrons. The lowest BCUT2D eigenvalue weighted by Crippen LogP contribution is -2.39. The van der Waals surface area contributed by atoms with Gasteiger partial charge in [-0.25, -0.2) is 4.98 Å². The number of oxazole rings is 1. The lowest BCUT2D eigenvalue weighted by Gasteiger charge is -2.21. The molecule has 6 heteroatoms. The highest BCUT2D eigenvalue weighted by atomic mass is 127. The first-order chi connectivity index (χ1) is 12.6. The third-order valence-electron chi connectivity index (χ3n) is 4.08. The summed E-state index contributed by atoms with van der Waals surface area (Å²) in [5.41, 5.74) is 3.15. The molecule has 0 radical (unpaired) electrons. The standard InChI is InChI=1S/C21H30N4O.HI/c1-5-7-8-15-25(4)21(22-6-2)23-14-13-19-16-26-20(24-19)18-11-9-17(3)10-12-18;/h5,9-12,16H,1,6-8,13-15H2,2-4H3,(H,22,23);1H. The van der Waals surface area contributed by atoms with E-state index >= 15 is 0 Å². The highest BCUT2D eigenvalue weighted by Gasteiger charge is 2.08. The van der Waals surface area contributed by atoms with Crippen LogP contribution in [0.15, 0.2) is 52.6 Å². The normalized spacial score (nSPS) is 11.0. The van der Waals surface area contributed by atoms with Gasteiger partial charge in [-0.2, -0.15) is 0 Å². The van der Waals surface area contributed by atoms with Gasteiger partial charge in [-0.15, -0.1) is 30.6 Å². The fourth-order valence-electron chi connectivity index (χ4n) is 2.58. The summed E-state index contributed by atoms with van der Waals surface area (Å²) in [6.07, 6.45) is 6.53. The SMILES string of the molecule is C=CCCCN(C)C(=NCCc1coc(-c2ccc(C)cc2)n1)NCC.I. The molecule has 0 spiro atoms. The number of halogens is 1. The fraction of sp³-hybridized carbons (Fsp3) is 0.429. The quantitative estimate of drug-likeness (QED) is 0.186. The Bertz CT molecular complexity index is 709. The molecule has 1 aromatic heterocycles. The zero-order chi connectivity index (χ0) is 18.8. The van der Waals surface area contributed by atoms with Crippen LogP contribution in [0.25, 0.3) is 11.5 Å². The Morgan fingerprint density at radius 1 is 1.33 bits per heavy atom. The molecule has 27 heavy (non-hydrogen) atoms. The molecule has 0 fully saturated rings. The van der Waals surface area contributed by atoms with Crippen LogP contribution in [0.4, 0.5) is 0 Å². The number of benzene rings is 1. The summed E-state index contributed by atoms with van der Waals surface area (Å²) in [6, 6.07) is 8.19. The number of aromatic nitrogens is 1. The number of aliphatic imine (C=N–C) groups is 1. The Morgan fingerprint density at radius 3 is 2.74 bits per heavy atom. The van der Waals surface area contributed by atoms with Gasteiger partial charge in [0, 0.05) is 38.7 Å². The molecule has 1 aromatic carbocycles. The lowest BCUT2D eigenvalue weighted by molar-refractivity contribution is 0.470. The lowest BCUT2D eigenvalue weighted by atomic mass is 10.1. The molecular weight excluding hydrogens is 451 g/mol. The van der Waals surface area contributed by atoms with Crippen LogP contribution in [0.1, 0.15) is 31.0 Å². The van der Waals surface area contributed by atoms with Crippen molar-refractivity contribution in [2.45, 2.75) is 33.1 Å². The highest BCUT2D eigenvalue weighted by molar-refractivity contribution is 14.0. The van der Waals surface area contributed by atoms with Crippen molar-refractivity contribution in [3.05, 3.63) is 54.4 Å². The van der Waals surface area contributed by atoms with E-state index in [0.717, 1.165) is 49.6 Å². The summed E-state index contributed by atoms with van der Waals surface area (Å²) < 4.78 is 5.61. The highest BCUT2D eigenvalue weighted by Crippen LogP contribution is 2.19. The van der Waals surface area contributed by atoms with Crippen LogP contribution in [-0.4, -0.2) is 42.5 Å². The van der Waals surface area contributed by atoms with E-state index in [1.165, 1.54) is 5.56 Å². The van der Waals surface area contributed by atoms with E-state index < -0.39 is 0 Å². The smallest absolute Gasteiger partial charge is 0.226 e. The number of rotatable bonds is 9. The van der Waals surface area contributed by atoms with Crippen molar-refractivity contribution in [2.75, 3.05) is 26.7 Å². The van der Waals surface area contributed by atoms with E-state index in [0.29, 0.717) is 12.4 Å². The Morgan fingerprint density at radius 2 is 2.07 bits per heavy atom. The van der Waals surface area contributed by atoms with Crippen molar-refractivity contribution in [1.29, 1.82) is 0 Å². The van der Waals surface area contributed by atoms with E-state index in [-0.39, 0.29) is 24.0 Å². The van der Waals surface area contributed by atoms with Crippen LogP contribution < -0.4 is 5.32 Å². The maximum absolute atomic E-state index is 5.61. The van der Waals surface area contributed by atoms with Gasteiger partial charge in [0.1, 0.15) is 6.26 Å². The average Bonchev–Trinajstić information content (AvgIpc) is 3.10. The van der Waals surface area contributed by atoms with Gasteiger partial charge in [0.05, 0.1) is 5.69 Å². The second kappa shape index (κ2) is 12.5. The molecule has 2 rings (SSSR count). The van der Waals surface area contributed by atoms with Gasteiger partial charge < -0.3 is 14.6 Å². The molecule has 2 aromatic rings. The molecule has 0 atom stereocenters. The number of nitrogens with zero attached hydrogens (tertiary/aromatic N) is 3. The first-order valence-electron chi connectivity index (χ1n) is 9.25. The van der Waals surface area contributed by atoms with Crippen LogP contribution in [-0.2, 0) is 6.42 Å². The van der Waals surface area contributed by atoms with Crippen molar-refractivity contribution in [1.82, 2.24) is 15.2 Å². The number of guanidine groups is 1.